The number of ether oxygens (including phenoxy) is 2. The van der Waals surface area contributed by atoms with Crippen molar-refractivity contribution < 1.29 is 27.5 Å². The van der Waals surface area contributed by atoms with Gasteiger partial charge in [-0.05, 0) is 81.3 Å². The van der Waals surface area contributed by atoms with Crippen LogP contribution in [0.5, 0.6) is 11.5 Å². The monoisotopic (exact) mass is 581 g/mol. The van der Waals surface area contributed by atoms with Crippen molar-refractivity contribution in [2.75, 3.05) is 25.1 Å². The molecule has 0 unspecified atom stereocenters. The number of nitrogens with zero attached hydrogens (tertiary/aromatic N) is 2. The average molecular weight is 582 g/mol. The Balaban J connectivity index is 2.04. The number of nitrogens with one attached hydrogen (secondary N) is 1. The SMILES string of the molecule is CC[C@@H](C(=O)NC(C)(C)C)N(Cc1ccc(OC)cc1)C(=O)CN(c1ccccc1)S(=O)(=O)c1ccc(OC)cc1. The van der Waals surface area contributed by atoms with Crippen molar-refractivity contribution in [3.8, 4) is 11.5 Å². The Kier molecular flexibility index (Phi) is 10.4. The summed E-state index contributed by atoms with van der Waals surface area (Å²) < 4.78 is 39.3. The number of carbonyl (C=O) groups excluding carboxylic acids is 2. The quantitative estimate of drug-likeness (QED) is 0.335. The van der Waals surface area contributed by atoms with E-state index in [1.54, 1.807) is 61.7 Å². The molecule has 0 fully saturated rings. The van der Waals surface area contributed by atoms with Crippen LogP contribution in [0.2, 0.25) is 0 Å². The van der Waals surface area contributed by atoms with Gasteiger partial charge >= 0.3 is 0 Å². The highest BCUT2D eigenvalue weighted by Gasteiger charge is 2.34. The minimum atomic E-state index is -4.16. The molecule has 0 spiro atoms. The second-order valence-electron chi connectivity index (χ2n) is 10.6. The summed E-state index contributed by atoms with van der Waals surface area (Å²) >= 11 is 0. The largest absolute Gasteiger partial charge is 0.497 e. The van der Waals surface area contributed by atoms with Crippen LogP contribution in [0, 0.1) is 0 Å². The van der Waals surface area contributed by atoms with E-state index >= 15 is 0 Å². The first-order chi connectivity index (χ1) is 19.4. The highest BCUT2D eigenvalue weighted by Crippen LogP contribution is 2.26. The molecule has 10 heteroatoms. The first kappa shape index (κ1) is 31.5. The summed E-state index contributed by atoms with van der Waals surface area (Å²) in [5, 5.41) is 2.96. The molecule has 220 valence electrons. The molecule has 0 aliphatic heterocycles. The summed E-state index contributed by atoms with van der Waals surface area (Å²) in [6.07, 6.45) is 0.334. The van der Waals surface area contributed by atoms with Crippen molar-refractivity contribution in [1.82, 2.24) is 10.2 Å². The predicted molar refractivity (Wildman–Crippen MR) is 159 cm³/mol. The number of benzene rings is 3. The molecule has 0 radical (unpaired) electrons. The van der Waals surface area contributed by atoms with Gasteiger partial charge in [-0.1, -0.05) is 37.3 Å². The minimum absolute atomic E-state index is 0.00850. The van der Waals surface area contributed by atoms with Crippen LogP contribution in [0.4, 0.5) is 5.69 Å². The molecule has 0 saturated heterocycles. The van der Waals surface area contributed by atoms with Gasteiger partial charge in [0.25, 0.3) is 10.0 Å². The third-order valence-electron chi connectivity index (χ3n) is 6.37. The highest BCUT2D eigenvalue weighted by molar-refractivity contribution is 7.92. The van der Waals surface area contributed by atoms with E-state index in [9.17, 15) is 18.0 Å². The number of methoxy groups -OCH3 is 2. The standard InChI is InChI=1S/C31H39N3O6S/c1-7-28(30(36)32-31(2,3)4)33(21-23-13-15-25(39-5)16-14-23)29(35)22-34(24-11-9-8-10-12-24)41(37,38)27-19-17-26(40-6)18-20-27/h8-20,28H,7,21-22H2,1-6H3,(H,32,36)/t28-/m0/s1. The molecular weight excluding hydrogens is 542 g/mol. The molecule has 41 heavy (non-hydrogen) atoms. The molecule has 0 aliphatic rings. The molecule has 9 nitrogen and oxygen atoms in total. The van der Waals surface area contributed by atoms with E-state index in [2.05, 4.69) is 5.32 Å². The van der Waals surface area contributed by atoms with E-state index in [0.29, 0.717) is 23.6 Å². The van der Waals surface area contributed by atoms with Crippen molar-refractivity contribution in [3.05, 3.63) is 84.4 Å². The summed E-state index contributed by atoms with van der Waals surface area (Å²) in [6.45, 7) is 7.02. The van der Waals surface area contributed by atoms with Crippen LogP contribution in [0.1, 0.15) is 39.7 Å². The van der Waals surface area contributed by atoms with Gasteiger partial charge in [0, 0.05) is 12.1 Å². The van der Waals surface area contributed by atoms with Crippen molar-refractivity contribution >= 4 is 27.5 Å². The molecule has 1 N–H and O–H groups in total. The normalized spacial score (nSPS) is 12.2. The molecule has 0 heterocycles. The Morgan fingerprint density at radius 2 is 1.39 bits per heavy atom. The number of anilines is 1. The number of rotatable bonds is 12. The van der Waals surface area contributed by atoms with E-state index in [0.717, 1.165) is 9.87 Å². The average Bonchev–Trinajstić information content (AvgIpc) is 2.95. The molecule has 0 aliphatic carbocycles. The molecular formula is C31H39N3O6S. The van der Waals surface area contributed by atoms with Crippen molar-refractivity contribution in [2.24, 2.45) is 0 Å². The minimum Gasteiger partial charge on any atom is -0.497 e. The molecule has 3 aromatic carbocycles. The van der Waals surface area contributed by atoms with Gasteiger partial charge in [0.2, 0.25) is 11.8 Å². The first-order valence-corrected chi connectivity index (χ1v) is 14.8. The third-order valence-corrected chi connectivity index (χ3v) is 8.15. The molecule has 0 aromatic heterocycles. The van der Waals surface area contributed by atoms with Crippen LogP contribution in [-0.4, -0.2) is 57.5 Å². The maximum absolute atomic E-state index is 14.1. The molecule has 2 amide bonds. The van der Waals surface area contributed by atoms with E-state index in [4.69, 9.17) is 9.47 Å². The van der Waals surface area contributed by atoms with Gasteiger partial charge in [0.05, 0.1) is 24.8 Å². The fraction of sp³-hybridized carbons (Fsp3) is 0.355. The summed E-state index contributed by atoms with van der Waals surface area (Å²) in [4.78, 5) is 28.9. The van der Waals surface area contributed by atoms with E-state index in [-0.39, 0.29) is 17.3 Å². The van der Waals surface area contributed by atoms with Gasteiger partial charge in [-0.25, -0.2) is 8.42 Å². The van der Waals surface area contributed by atoms with Crippen LogP contribution in [0.3, 0.4) is 0 Å². The Morgan fingerprint density at radius 3 is 1.88 bits per heavy atom. The van der Waals surface area contributed by atoms with E-state index in [1.807, 2.05) is 39.8 Å². The van der Waals surface area contributed by atoms with Crippen LogP contribution in [0.25, 0.3) is 0 Å². The number of carbonyl (C=O) groups is 2. The number of hydrogen-bond acceptors (Lipinski definition) is 6. The van der Waals surface area contributed by atoms with E-state index < -0.39 is 34.1 Å². The second-order valence-corrected chi connectivity index (χ2v) is 12.4. The van der Waals surface area contributed by atoms with Gasteiger partial charge in [-0.2, -0.15) is 0 Å². The smallest absolute Gasteiger partial charge is 0.264 e. The molecule has 0 bridgehead atoms. The van der Waals surface area contributed by atoms with Crippen molar-refractivity contribution in [1.29, 1.82) is 0 Å². The second kappa shape index (κ2) is 13.5. The Morgan fingerprint density at radius 1 is 0.854 bits per heavy atom. The van der Waals surface area contributed by atoms with Gasteiger partial charge in [0.15, 0.2) is 0 Å². The zero-order valence-electron chi connectivity index (χ0n) is 24.5. The maximum atomic E-state index is 14.1. The van der Waals surface area contributed by atoms with Crippen LogP contribution in [-0.2, 0) is 26.2 Å². The molecule has 3 aromatic rings. The highest BCUT2D eigenvalue weighted by atomic mass is 32.2. The van der Waals surface area contributed by atoms with Crippen molar-refractivity contribution in [3.63, 3.8) is 0 Å². The van der Waals surface area contributed by atoms with Gasteiger partial charge in [0.1, 0.15) is 24.1 Å². The lowest BCUT2D eigenvalue weighted by atomic mass is 10.1. The number of amides is 2. The maximum Gasteiger partial charge on any atom is 0.264 e. The predicted octanol–water partition coefficient (Wildman–Crippen LogP) is 4.62. The first-order valence-electron chi connectivity index (χ1n) is 13.4. The van der Waals surface area contributed by atoms with Crippen LogP contribution in [0.15, 0.2) is 83.8 Å². The zero-order chi connectivity index (χ0) is 30.2. The van der Waals surface area contributed by atoms with Gasteiger partial charge in [-0.15, -0.1) is 0 Å². The molecule has 1 atom stereocenters. The number of para-hydroxylation sites is 1. The molecule has 0 saturated carbocycles. The summed E-state index contributed by atoms with van der Waals surface area (Å²) in [5.41, 5.74) is 0.575. The summed E-state index contributed by atoms with van der Waals surface area (Å²) in [6, 6.07) is 20.8. The van der Waals surface area contributed by atoms with E-state index in [1.165, 1.54) is 24.1 Å². The summed E-state index contributed by atoms with van der Waals surface area (Å²) in [5.74, 6) is 0.335. The van der Waals surface area contributed by atoms with Gasteiger partial charge in [-0.3, -0.25) is 13.9 Å². The Hall–Kier alpha value is -4.05. The lowest BCUT2D eigenvalue weighted by molar-refractivity contribution is -0.141. The fourth-order valence-electron chi connectivity index (χ4n) is 4.30. The number of sulfonamides is 1. The topological polar surface area (TPSA) is 105 Å². The number of hydrogen-bond donors (Lipinski definition) is 1. The third kappa shape index (κ3) is 8.23. The Labute approximate surface area is 243 Å². The van der Waals surface area contributed by atoms with Gasteiger partial charge < -0.3 is 19.7 Å². The lowest BCUT2D eigenvalue weighted by Crippen LogP contribution is -2.55. The summed E-state index contributed by atoms with van der Waals surface area (Å²) in [7, 11) is -1.10. The fourth-order valence-corrected chi connectivity index (χ4v) is 5.71. The Bertz CT molecular complexity index is 1400. The van der Waals surface area contributed by atoms with Crippen molar-refractivity contribution in [2.45, 2.75) is 57.1 Å². The lowest BCUT2D eigenvalue weighted by Gasteiger charge is -2.34. The van der Waals surface area contributed by atoms with Crippen LogP contribution >= 0.6 is 0 Å². The van der Waals surface area contributed by atoms with Crippen LogP contribution < -0.4 is 19.1 Å². The molecule has 3 rings (SSSR count). The zero-order valence-corrected chi connectivity index (χ0v) is 25.3.